The van der Waals surface area contributed by atoms with E-state index in [1.807, 2.05) is 37.3 Å². The lowest BCUT2D eigenvalue weighted by molar-refractivity contribution is 0.184. The number of ether oxygens (including phenoxy) is 1. The number of para-hydroxylation sites is 1. The summed E-state index contributed by atoms with van der Waals surface area (Å²) in [5, 5.41) is 11.9. The molecule has 5 heteroatoms. The molecule has 1 aliphatic heterocycles. The van der Waals surface area contributed by atoms with E-state index in [2.05, 4.69) is 5.32 Å². The first-order valence-corrected chi connectivity index (χ1v) is 7.04. The van der Waals surface area contributed by atoms with Crippen molar-refractivity contribution in [3.8, 4) is 5.75 Å². The molecule has 2 amide bonds. The molecule has 0 bridgehead atoms. The molecule has 0 aromatic heterocycles. The van der Waals surface area contributed by atoms with Crippen molar-refractivity contribution in [2.24, 2.45) is 5.92 Å². The van der Waals surface area contributed by atoms with Gasteiger partial charge in [-0.3, -0.25) is 0 Å². The first-order valence-electron chi connectivity index (χ1n) is 7.04. The number of rotatable bonds is 5. The Morgan fingerprint density at radius 2 is 2.25 bits per heavy atom. The molecule has 1 aromatic carbocycles. The van der Waals surface area contributed by atoms with Gasteiger partial charge in [0.25, 0.3) is 0 Å². The lowest BCUT2D eigenvalue weighted by atomic mass is 10.1. The summed E-state index contributed by atoms with van der Waals surface area (Å²) in [5.41, 5.74) is 0. The molecule has 1 saturated heterocycles. The Bertz CT molecular complexity index is 424. The fourth-order valence-corrected chi connectivity index (χ4v) is 2.28. The first kappa shape index (κ1) is 14.7. The molecule has 0 spiro atoms. The van der Waals surface area contributed by atoms with E-state index >= 15 is 0 Å². The van der Waals surface area contributed by atoms with Gasteiger partial charge in [-0.2, -0.15) is 0 Å². The van der Waals surface area contributed by atoms with Crippen molar-refractivity contribution in [3.05, 3.63) is 30.3 Å². The third-order valence-corrected chi connectivity index (χ3v) is 3.45. The van der Waals surface area contributed by atoms with Gasteiger partial charge in [0.15, 0.2) is 0 Å². The minimum absolute atomic E-state index is 0.0792. The van der Waals surface area contributed by atoms with Gasteiger partial charge in [-0.05, 0) is 25.5 Å². The predicted octanol–water partition coefficient (Wildman–Crippen LogP) is 1.48. The molecule has 110 valence electrons. The smallest absolute Gasteiger partial charge is 0.317 e. The molecule has 20 heavy (non-hydrogen) atoms. The fourth-order valence-electron chi connectivity index (χ4n) is 2.28. The zero-order valence-corrected chi connectivity index (χ0v) is 11.8. The standard InChI is InChI=1S/C15H22N2O3/c1-12(20-14-5-3-2-4-6-14)9-16-15(19)17-8-7-13(10-17)11-18/h2-6,12-13,18H,7-11H2,1H3,(H,16,19). The zero-order chi connectivity index (χ0) is 14.4. The van der Waals surface area contributed by atoms with Crippen LogP contribution in [0.1, 0.15) is 13.3 Å². The van der Waals surface area contributed by atoms with Crippen LogP contribution in [0.5, 0.6) is 5.75 Å². The summed E-state index contributed by atoms with van der Waals surface area (Å²) in [4.78, 5) is 13.7. The van der Waals surface area contributed by atoms with Gasteiger partial charge in [-0.1, -0.05) is 18.2 Å². The van der Waals surface area contributed by atoms with E-state index in [0.717, 1.165) is 12.2 Å². The fraction of sp³-hybridized carbons (Fsp3) is 0.533. The van der Waals surface area contributed by atoms with E-state index in [1.165, 1.54) is 0 Å². The number of nitrogens with zero attached hydrogens (tertiary/aromatic N) is 1. The molecule has 1 aliphatic rings. The number of likely N-dealkylation sites (tertiary alicyclic amines) is 1. The van der Waals surface area contributed by atoms with Crippen molar-refractivity contribution in [1.29, 1.82) is 0 Å². The Labute approximate surface area is 119 Å². The van der Waals surface area contributed by atoms with Gasteiger partial charge >= 0.3 is 6.03 Å². The summed E-state index contributed by atoms with van der Waals surface area (Å²) in [7, 11) is 0. The summed E-state index contributed by atoms with van der Waals surface area (Å²) >= 11 is 0. The average molecular weight is 278 g/mol. The Balaban J connectivity index is 1.71. The van der Waals surface area contributed by atoms with Crippen LogP contribution in [0.3, 0.4) is 0 Å². The van der Waals surface area contributed by atoms with Crippen LogP contribution in [0.25, 0.3) is 0 Å². The van der Waals surface area contributed by atoms with Gasteiger partial charge in [0, 0.05) is 25.6 Å². The maximum atomic E-state index is 11.9. The lowest BCUT2D eigenvalue weighted by Gasteiger charge is -2.20. The number of carbonyl (C=O) groups excluding carboxylic acids is 1. The van der Waals surface area contributed by atoms with E-state index in [4.69, 9.17) is 9.84 Å². The van der Waals surface area contributed by atoms with Gasteiger partial charge < -0.3 is 20.1 Å². The van der Waals surface area contributed by atoms with Crippen molar-refractivity contribution in [2.45, 2.75) is 19.4 Å². The molecule has 2 unspecified atom stereocenters. The maximum Gasteiger partial charge on any atom is 0.317 e. The summed E-state index contributed by atoms with van der Waals surface area (Å²) in [6, 6.07) is 9.48. The van der Waals surface area contributed by atoms with Crippen LogP contribution in [0, 0.1) is 5.92 Å². The highest BCUT2D eigenvalue weighted by Crippen LogP contribution is 2.15. The topological polar surface area (TPSA) is 61.8 Å². The SMILES string of the molecule is CC(CNC(=O)N1CCC(CO)C1)Oc1ccccc1. The minimum Gasteiger partial charge on any atom is -0.489 e. The minimum atomic E-state index is -0.0856. The van der Waals surface area contributed by atoms with Crippen molar-refractivity contribution < 1.29 is 14.6 Å². The molecule has 1 heterocycles. The third kappa shape index (κ3) is 4.13. The quantitative estimate of drug-likeness (QED) is 0.857. The van der Waals surface area contributed by atoms with Crippen molar-refractivity contribution in [2.75, 3.05) is 26.2 Å². The van der Waals surface area contributed by atoms with Gasteiger partial charge in [-0.15, -0.1) is 0 Å². The average Bonchev–Trinajstić information content (AvgIpc) is 2.95. The van der Waals surface area contributed by atoms with Gasteiger partial charge in [0.1, 0.15) is 11.9 Å². The van der Waals surface area contributed by atoms with Gasteiger partial charge in [-0.25, -0.2) is 4.79 Å². The molecule has 2 rings (SSSR count). The second-order valence-corrected chi connectivity index (χ2v) is 5.21. The third-order valence-electron chi connectivity index (χ3n) is 3.45. The molecular formula is C15H22N2O3. The number of aliphatic hydroxyl groups is 1. The number of aliphatic hydroxyl groups excluding tert-OH is 1. The molecule has 0 aliphatic carbocycles. The number of nitrogens with one attached hydrogen (secondary N) is 1. The highest BCUT2D eigenvalue weighted by atomic mass is 16.5. The van der Waals surface area contributed by atoms with Gasteiger partial charge in [0.2, 0.25) is 0 Å². The van der Waals surface area contributed by atoms with Crippen LogP contribution in [0.2, 0.25) is 0 Å². The van der Waals surface area contributed by atoms with Crippen LogP contribution >= 0.6 is 0 Å². The number of carbonyl (C=O) groups is 1. The second-order valence-electron chi connectivity index (χ2n) is 5.21. The molecular weight excluding hydrogens is 256 g/mol. The molecule has 5 nitrogen and oxygen atoms in total. The molecule has 2 N–H and O–H groups in total. The molecule has 1 aromatic rings. The summed E-state index contributed by atoms with van der Waals surface area (Å²) in [6.45, 7) is 3.89. The lowest BCUT2D eigenvalue weighted by Crippen LogP contribution is -2.42. The van der Waals surface area contributed by atoms with Crippen molar-refractivity contribution in [3.63, 3.8) is 0 Å². The Kier molecular flexibility index (Phi) is 5.24. The largest absolute Gasteiger partial charge is 0.489 e. The maximum absolute atomic E-state index is 11.9. The Hall–Kier alpha value is -1.75. The number of hydrogen-bond acceptors (Lipinski definition) is 3. The highest BCUT2D eigenvalue weighted by Gasteiger charge is 2.25. The monoisotopic (exact) mass is 278 g/mol. The number of urea groups is 1. The number of amides is 2. The molecule has 1 fully saturated rings. The number of benzene rings is 1. The van der Waals surface area contributed by atoms with Crippen LogP contribution in [-0.2, 0) is 0 Å². The molecule has 2 atom stereocenters. The zero-order valence-electron chi connectivity index (χ0n) is 11.8. The van der Waals surface area contributed by atoms with E-state index < -0.39 is 0 Å². The summed E-state index contributed by atoms with van der Waals surface area (Å²) in [6.07, 6.45) is 0.789. The number of hydrogen-bond donors (Lipinski definition) is 2. The van der Waals surface area contributed by atoms with Crippen LogP contribution < -0.4 is 10.1 Å². The molecule has 0 radical (unpaired) electrons. The summed E-state index contributed by atoms with van der Waals surface area (Å²) in [5.74, 6) is 1.02. The van der Waals surface area contributed by atoms with Crippen molar-refractivity contribution >= 4 is 6.03 Å². The van der Waals surface area contributed by atoms with E-state index in [9.17, 15) is 4.79 Å². The van der Waals surface area contributed by atoms with Crippen LogP contribution in [0.4, 0.5) is 4.79 Å². The first-order chi connectivity index (χ1) is 9.69. The van der Waals surface area contributed by atoms with Gasteiger partial charge in [0.05, 0.1) is 6.54 Å². The highest BCUT2D eigenvalue weighted by molar-refractivity contribution is 5.74. The second kappa shape index (κ2) is 7.14. The van der Waals surface area contributed by atoms with Crippen LogP contribution in [-0.4, -0.2) is 48.4 Å². The van der Waals surface area contributed by atoms with Crippen molar-refractivity contribution in [1.82, 2.24) is 10.2 Å². The summed E-state index contributed by atoms with van der Waals surface area (Å²) < 4.78 is 5.70. The van der Waals surface area contributed by atoms with E-state index in [-0.39, 0.29) is 24.7 Å². The van der Waals surface area contributed by atoms with E-state index in [1.54, 1.807) is 4.90 Å². The Morgan fingerprint density at radius 1 is 1.50 bits per heavy atom. The Morgan fingerprint density at radius 3 is 2.90 bits per heavy atom. The van der Waals surface area contributed by atoms with Crippen LogP contribution in [0.15, 0.2) is 30.3 Å². The molecule has 0 saturated carbocycles. The predicted molar refractivity (Wildman–Crippen MR) is 76.7 cm³/mol. The van der Waals surface area contributed by atoms with E-state index in [0.29, 0.717) is 19.6 Å². The normalized spacial score (nSPS) is 19.7.